The second-order valence-electron chi connectivity index (χ2n) is 6.32. The molecule has 1 aliphatic rings. The van der Waals surface area contributed by atoms with Crippen molar-refractivity contribution in [2.24, 2.45) is 0 Å². The molecule has 0 amide bonds. The lowest BCUT2D eigenvalue weighted by molar-refractivity contribution is 0.171. The van der Waals surface area contributed by atoms with E-state index in [0.29, 0.717) is 41.2 Å². The van der Waals surface area contributed by atoms with Crippen LogP contribution in [0.15, 0.2) is 76.5 Å². The van der Waals surface area contributed by atoms with Crippen LogP contribution in [0, 0.1) is 0 Å². The molecule has 5 nitrogen and oxygen atoms in total. The molecule has 0 aliphatic carbocycles. The molecule has 150 valence electrons. The lowest BCUT2D eigenvalue weighted by atomic mass is 10.2. The zero-order valence-corrected chi connectivity index (χ0v) is 17.7. The Morgan fingerprint density at radius 3 is 2.45 bits per heavy atom. The van der Waals surface area contributed by atoms with Crippen LogP contribution in [0.1, 0.15) is 5.56 Å². The summed E-state index contributed by atoms with van der Waals surface area (Å²) in [6.07, 6.45) is 0. The Labute approximate surface area is 179 Å². The number of sulfonamides is 1. The fourth-order valence-corrected chi connectivity index (χ4v) is 5.06. The van der Waals surface area contributed by atoms with Crippen LogP contribution in [-0.2, 0) is 15.8 Å². The van der Waals surface area contributed by atoms with Gasteiger partial charge in [0.1, 0.15) is 13.2 Å². The number of nitrogens with one attached hydrogen (secondary N) is 1. The molecule has 0 radical (unpaired) electrons. The number of thioether (sulfide) groups is 1. The van der Waals surface area contributed by atoms with Crippen LogP contribution in [0.25, 0.3) is 0 Å². The number of rotatable bonds is 6. The fraction of sp³-hybridized carbons (Fsp3) is 0.143. The summed E-state index contributed by atoms with van der Waals surface area (Å²) in [4.78, 5) is 0.961. The average molecular weight is 448 g/mol. The second kappa shape index (κ2) is 8.57. The highest BCUT2D eigenvalue weighted by Crippen LogP contribution is 2.35. The molecule has 0 saturated heterocycles. The maximum atomic E-state index is 12.9. The molecule has 1 heterocycles. The molecule has 3 aromatic rings. The molecule has 0 aromatic heterocycles. The molecule has 0 spiro atoms. The predicted octanol–water partition coefficient (Wildman–Crippen LogP) is 5.20. The van der Waals surface area contributed by atoms with Crippen LogP contribution >= 0.6 is 23.4 Å². The summed E-state index contributed by atoms with van der Waals surface area (Å²) in [7, 11) is -3.77. The normalized spacial score (nSPS) is 13.1. The van der Waals surface area contributed by atoms with Gasteiger partial charge >= 0.3 is 0 Å². The molecule has 8 heteroatoms. The molecule has 1 aliphatic heterocycles. The summed E-state index contributed by atoms with van der Waals surface area (Å²) in [6.45, 7) is 0.851. The lowest BCUT2D eigenvalue weighted by Crippen LogP contribution is -2.17. The maximum Gasteiger partial charge on any atom is 0.262 e. The van der Waals surface area contributed by atoms with Crippen molar-refractivity contribution in [1.82, 2.24) is 0 Å². The van der Waals surface area contributed by atoms with Gasteiger partial charge in [-0.15, -0.1) is 11.8 Å². The van der Waals surface area contributed by atoms with Gasteiger partial charge in [-0.1, -0.05) is 35.9 Å². The third kappa shape index (κ3) is 4.80. The number of benzene rings is 3. The number of ether oxygens (including phenoxy) is 2. The Kier molecular flexibility index (Phi) is 5.89. The van der Waals surface area contributed by atoms with E-state index in [0.717, 1.165) is 10.5 Å². The van der Waals surface area contributed by atoms with Gasteiger partial charge in [-0.2, -0.15) is 0 Å². The monoisotopic (exact) mass is 447 g/mol. The molecule has 1 N–H and O–H groups in total. The van der Waals surface area contributed by atoms with Gasteiger partial charge in [0.15, 0.2) is 11.5 Å². The zero-order valence-electron chi connectivity index (χ0n) is 15.3. The molecule has 0 atom stereocenters. The van der Waals surface area contributed by atoms with Gasteiger partial charge in [-0.25, -0.2) is 8.42 Å². The van der Waals surface area contributed by atoms with E-state index < -0.39 is 10.0 Å². The second-order valence-corrected chi connectivity index (χ2v) is 9.46. The lowest BCUT2D eigenvalue weighted by Gasteiger charge is -2.19. The number of hydrogen-bond acceptors (Lipinski definition) is 5. The molecule has 29 heavy (non-hydrogen) atoms. The SMILES string of the molecule is O=S(=O)(Nc1ccccc1SCc1ccc(Cl)cc1)c1ccc2c(c1)OCCO2. The Morgan fingerprint density at radius 2 is 1.66 bits per heavy atom. The third-order valence-corrected chi connectivity index (χ3v) is 7.02. The molecular weight excluding hydrogens is 430 g/mol. The summed E-state index contributed by atoms with van der Waals surface area (Å²) in [6, 6.07) is 19.5. The quantitative estimate of drug-likeness (QED) is 0.526. The van der Waals surface area contributed by atoms with Crippen LogP contribution in [0.2, 0.25) is 5.02 Å². The minimum absolute atomic E-state index is 0.124. The van der Waals surface area contributed by atoms with E-state index in [1.165, 1.54) is 12.1 Å². The number of halogens is 1. The van der Waals surface area contributed by atoms with E-state index in [4.69, 9.17) is 21.1 Å². The number of anilines is 1. The summed E-state index contributed by atoms with van der Waals surface area (Å²) < 4.78 is 39.5. The van der Waals surface area contributed by atoms with Crippen molar-refractivity contribution in [1.29, 1.82) is 0 Å². The summed E-state index contributed by atoms with van der Waals surface area (Å²) in [5.41, 5.74) is 1.63. The molecule has 0 bridgehead atoms. The van der Waals surface area contributed by atoms with Gasteiger partial charge in [-0.05, 0) is 42.0 Å². The number of fused-ring (bicyclic) bond motifs is 1. The fourth-order valence-electron chi connectivity index (χ4n) is 2.81. The summed E-state index contributed by atoms with van der Waals surface area (Å²) in [5, 5.41) is 0.686. The van der Waals surface area contributed by atoms with E-state index >= 15 is 0 Å². The standard InChI is InChI=1S/C21H18ClNO4S2/c22-16-7-5-15(6-8-16)14-28-21-4-2-1-3-18(21)23-29(24,25)17-9-10-19-20(13-17)27-12-11-26-19/h1-10,13,23H,11-12,14H2. The van der Waals surface area contributed by atoms with Crippen molar-refractivity contribution in [3.63, 3.8) is 0 Å². The Hall–Kier alpha value is -2.35. The van der Waals surface area contributed by atoms with Gasteiger partial charge in [0.25, 0.3) is 10.0 Å². The van der Waals surface area contributed by atoms with Crippen molar-refractivity contribution in [2.75, 3.05) is 17.9 Å². The van der Waals surface area contributed by atoms with Gasteiger partial charge in [-0.3, -0.25) is 4.72 Å². The maximum absolute atomic E-state index is 12.9. The van der Waals surface area contributed by atoms with Crippen LogP contribution in [0.4, 0.5) is 5.69 Å². The first-order valence-corrected chi connectivity index (χ1v) is 11.7. The van der Waals surface area contributed by atoms with Crippen LogP contribution in [0.5, 0.6) is 11.5 Å². The smallest absolute Gasteiger partial charge is 0.262 e. The van der Waals surface area contributed by atoms with Gasteiger partial charge in [0, 0.05) is 21.7 Å². The van der Waals surface area contributed by atoms with Crippen molar-refractivity contribution in [3.8, 4) is 11.5 Å². The average Bonchev–Trinajstić information content (AvgIpc) is 2.74. The molecule has 4 rings (SSSR count). The largest absolute Gasteiger partial charge is 0.486 e. The zero-order chi connectivity index (χ0) is 20.3. The minimum atomic E-state index is -3.77. The highest BCUT2D eigenvalue weighted by atomic mass is 35.5. The first kappa shape index (κ1) is 19.9. The van der Waals surface area contributed by atoms with E-state index in [1.807, 2.05) is 36.4 Å². The molecule has 3 aromatic carbocycles. The molecule has 0 saturated carbocycles. The Morgan fingerprint density at radius 1 is 0.931 bits per heavy atom. The number of para-hydroxylation sites is 1. The van der Waals surface area contributed by atoms with E-state index in [2.05, 4.69) is 4.72 Å². The summed E-state index contributed by atoms with van der Waals surface area (Å²) >= 11 is 7.48. The van der Waals surface area contributed by atoms with Crippen LogP contribution < -0.4 is 14.2 Å². The Bertz CT molecular complexity index is 1120. The first-order chi connectivity index (χ1) is 14.0. The minimum Gasteiger partial charge on any atom is -0.486 e. The van der Waals surface area contributed by atoms with E-state index in [-0.39, 0.29) is 4.90 Å². The topological polar surface area (TPSA) is 64.6 Å². The predicted molar refractivity (Wildman–Crippen MR) is 116 cm³/mol. The van der Waals surface area contributed by atoms with Crippen molar-refractivity contribution < 1.29 is 17.9 Å². The van der Waals surface area contributed by atoms with Gasteiger partial charge in [0.05, 0.1) is 10.6 Å². The molecular formula is C21H18ClNO4S2. The highest BCUT2D eigenvalue weighted by molar-refractivity contribution is 7.98. The summed E-state index contributed by atoms with van der Waals surface area (Å²) in [5.74, 6) is 1.68. The van der Waals surface area contributed by atoms with Crippen molar-refractivity contribution >= 4 is 39.1 Å². The first-order valence-electron chi connectivity index (χ1n) is 8.90. The van der Waals surface area contributed by atoms with Crippen LogP contribution in [0.3, 0.4) is 0 Å². The van der Waals surface area contributed by atoms with Crippen LogP contribution in [-0.4, -0.2) is 21.6 Å². The van der Waals surface area contributed by atoms with Gasteiger partial charge < -0.3 is 9.47 Å². The number of hydrogen-bond donors (Lipinski definition) is 1. The third-order valence-electron chi connectivity index (χ3n) is 4.26. The molecule has 0 fully saturated rings. The van der Waals surface area contributed by atoms with Crippen molar-refractivity contribution in [2.45, 2.75) is 15.5 Å². The van der Waals surface area contributed by atoms with E-state index in [1.54, 1.807) is 30.0 Å². The van der Waals surface area contributed by atoms with Crippen molar-refractivity contribution in [3.05, 3.63) is 77.3 Å². The van der Waals surface area contributed by atoms with E-state index in [9.17, 15) is 8.42 Å². The highest BCUT2D eigenvalue weighted by Gasteiger charge is 2.20. The Balaban J connectivity index is 1.53. The molecule has 0 unspecified atom stereocenters. The van der Waals surface area contributed by atoms with Gasteiger partial charge in [0.2, 0.25) is 0 Å².